The lowest BCUT2D eigenvalue weighted by atomic mass is 10.2. The maximum atomic E-state index is 9.08. The number of anilines is 2. The molecule has 1 aromatic rings. The molecule has 0 saturated heterocycles. The molecule has 0 aliphatic carbocycles. The fourth-order valence-corrected chi connectivity index (χ4v) is 1.47. The summed E-state index contributed by atoms with van der Waals surface area (Å²) in [5.74, 6) is 1.59. The summed E-state index contributed by atoms with van der Waals surface area (Å²) in [6, 6.07) is 2.12. The Balaban J connectivity index is 3.16. The molecule has 1 heterocycles. The van der Waals surface area contributed by atoms with Crippen molar-refractivity contribution in [3.8, 4) is 6.07 Å². The molecule has 0 aliphatic heterocycles. The maximum Gasteiger partial charge on any atom is 0.170 e. The minimum atomic E-state index is 0.452. The van der Waals surface area contributed by atoms with Gasteiger partial charge in [-0.15, -0.1) is 0 Å². The molecule has 1 rings (SSSR count). The predicted molar refractivity (Wildman–Crippen MR) is 65.1 cm³/mol. The van der Waals surface area contributed by atoms with Crippen LogP contribution in [0.1, 0.15) is 26.3 Å². The van der Waals surface area contributed by atoms with Crippen LogP contribution in [0, 0.1) is 17.2 Å². The summed E-state index contributed by atoms with van der Waals surface area (Å²) in [5.41, 5.74) is 6.38. The van der Waals surface area contributed by atoms with Crippen molar-refractivity contribution in [2.45, 2.75) is 27.3 Å². The number of nitrogens with two attached hydrogens (primary N) is 1. The van der Waals surface area contributed by atoms with Gasteiger partial charge < -0.3 is 10.6 Å². The highest BCUT2D eigenvalue weighted by molar-refractivity contribution is 5.64. The number of rotatable bonds is 4. The summed E-state index contributed by atoms with van der Waals surface area (Å²) in [6.07, 6.45) is 0. The Hall–Kier alpha value is -1.70. The third-order valence-corrected chi connectivity index (χ3v) is 2.46. The van der Waals surface area contributed by atoms with E-state index in [9.17, 15) is 0 Å². The van der Waals surface area contributed by atoms with E-state index < -0.39 is 0 Å². The molecule has 0 aromatic carbocycles. The largest absolute Gasteiger partial charge is 0.383 e. The summed E-state index contributed by atoms with van der Waals surface area (Å²) in [4.78, 5) is 1.92. The average molecular weight is 221 g/mol. The first-order chi connectivity index (χ1) is 7.51. The fraction of sp³-hybridized carbons (Fsp3) is 0.636. The molecule has 0 amide bonds. The molecule has 5 heteroatoms. The van der Waals surface area contributed by atoms with Crippen LogP contribution in [0.5, 0.6) is 0 Å². The molecule has 1 aromatic heterocycles. The van der Waals surface area contributed by atoms with Crippen LogP contribution in [-0.2, 0) is 6.54 Å². The molecule has 0 saturated carbocycles. The van der Waals surface area contributed by atoms with Crippen LogP contribution in [0.4, 0.5) is 11.6 Å². The quantitative estimate of drug-likeness (QED) is 0.835. The predicted octanol–water partition coefficient (Wildman–Crippen LogP) is 1.45. The lowest BCUT2D eigenvalue weighted by molar-refractivity contribution is 0.488. The topological polar surface area (TPSA) is 70.9 Å². The van der Waals surface area contributed by atoms with Crippen LogP contribution in [-0.4, -0.2) is 23.4 Å². The van der Waals surface area contributed by atoms with Crippen molar-refractivity contribution in [2.24, 2.45) is 5.92 Å². The molecule has 2 N–H and O–H groups in total. The Morgan fingerprint density at radius 3 is 2.62 bits per heavy atom. The molecule has 0 spiro atoms. The highest BCUT2D eigenvalue weighted by atomic mass is 15.4. The van der Waals surface area contributed by atoms with Crippen LogP contribution in [0.2, 0.25) is 0 Å². The minimum Gasteiger partial charge on any atom is -0.383 e. The van der Waals surface area contributed by atoms with Crippen molar-refractivity contribution >= 4 is 11.6 Å². The van der Waals surface area contributed by atoms with Gasteiger partial charge in [-0.25, -0.2) is 4.68 Å². The molecular formula is C11H19N5. The Bertz CT molecular complexity index is 399. The first kappa shape index (κ1) is 12.4. The lowest BCUT2D eigenvalue weighted by Crippen LogP contribution is -2.18. The Morgan fingerprint density at radius 2 is 2.19 bits per heavy atom. The van der Waals surface area contributed by atoms with E-state index in [0.717, 1.165) is 13.1 Å². The summed E-state index contributed by atoms with van der Waals surface area (Å²) >= 11 is 0. The van der Waals surface area contributed by atoms with Crippen molar-refractivity contribution in [2.75, 3.05) is 24.2 Å². The van der Waals surface area contributed by atoms with Crippen LogP contribution in [0.3, 0.4) is 0 Å². The number of hydrogen-bond donors (Lipinski definition) is 1. The monoisotopic (exact) mass is 221 g/mol. The van der Waals surface area contributed by atoms with E-state index in [-0.39, 0.29) is 0 Å². The molecule has 0 fully saturated rings. The SMILES string of the molecule is CCN(C)c1nn(CC(C)C)c(N)c1C#N. The molecule has 5 nitrogen and oxygen atoms in total. The Kier molecular flexibility index (Phi) is 3.78. The zero-order chi connectivity index (χ0) is 12.3. The lowest BCUT2D eigenvalue weighted by Gasteiger charge is -2.12. The van der Waals surface area contributed by atoms with E-state index >= 15 is 0 Å². The van der Waals surface area contributed by atoms with E-state index in [0.29, 0.717) is 23.1 Å². The Labute approximate surface area is 96.5 Å². The third kappa shape index (κ3) is 2.27. The van der Waals surface area contributed by atoms with Gasteiger partial charge >= 0.3 is 0 Å². The number of nitrogen functional groups attached to an aromatic ring is 1. The van der Waals surface area contributed by atoms with Gasteiger partial charge in [-0.3, -0.25) is 0 Å². The molecule has 88 valence electrons. The smallest absolute Gasteiger partial charge is 0.170 e. The van der Waals surface area contributed by atoms with Crippen molar-refractivity contribution in [3.63, 3.8) is 0 Å². The fourth-order valence-electron chi connectivity index (χ4n) is 1.47. The van der Waals surface area contributed by atoms with E-state index in [1.807, 2.05) is 18.9 Å². The van der Waals surface area contributed by atoms with Crippen LogP contribution in [0.15, 0.2) is 0 Å². The van der Waals surface area contributed by atoms with Gasteiger partial charge in [0.05, 0.1) is 0 Å². The second-order valence-corrected chi connectivity index (χ2v) is 4.29. The second kappa shape index (κ2) is 4.88. The van der Waals surface area contributed by atoms with Crippen LogP contribution >= 0.6 is 0 Å². The van der Waals surface area contributed by atoms with Gasteiger partial charge in [0.15, 0.2) is 5.82 Å². The number of nitrogens with zero attached hydrogens (tertiary/aromatic N) is 4. The van der Waals surface area contributed by atoms with Crippen molar-refractivity contribution in [1.29, 1.82) is 5.26 Å². The van der Waals surface area contributed by atoms with E-state index in [1.165, 1.54) is 0 Å². The standard InChI is InChI=1S/C11H19N5/c1-5-15(4)11-9(6-12)10(13)16(14-11)7-8(2)3/h8H,5,7,13H2,1-4H3. The number of aromatic nitrogens is 2. The highest BCUT2D eigenvalue weighted by Gasteiger charge is 2.18. The number of hydrogen-bond acceptors (Lipinski definition) is 4. The zero-order valence-electron chi connectivity index (χ0n) is 10.4. The molecule has 0 unspecified atom stereocenters. The van der Waals surface area contributed by atoms with E-state index in [2.05, 4.69) is 25.0 Å². The molecule has 16 heavy (non-hydrogen) atoms. The first-order valence-corrected chi connectivity index (χ1v) is 5.48. The number of nitriles is 1. The Morgan fingerprint density at radius 1 is 1.56 bits per heavy atom. The van der Waals surface area contributed by atoms with Gasteiger partial charge in [-0.2, -0.15) is 10.4 Å². The minimum absolute atomic E-state index is 0.452. The summed E-state index contributed by atoms with van der Waals surface area (Å²) in [7, 11) is 1.91. The van der Waals surface area contributed by atoms with Gasteiger partial charge in [-0.1, -0.05) is 13.8 Å². The third-order valence-electron chi connectivity index (χ3n) is 2.46. The molecule has 0 bridgehead atoms. The second-order valence-electron chi connectivity index (χ2n) is 4.29. The summed E-state index contributed by atoms with van der Waals surface area (Å²) in [6.45, 7) is 7.73. The van der Waals surface area contributed by atoms with Crippen molar-refractivity contribution < 1.29 is 0 Å². The molecule has 0 atom stereocenters. The van der Waals surface area contributed by atoms with Gasteiger partial charge in [0.2, 0.25) is 0 Å². The summed E-state index contributed by atoms with van der Waals surface area (Å²) < 4.78 is 1.71. The van der Waals surface area contributed by atoms with Gasteiger partial charge in [-0.05, 0) is 12.8 Å². The van der Waals surface area contributed by atoms with Crippen LogP contribution < -0.4 is 10.6 Å². The van der Waals surface area contributed by atoms with Gasteiger partial charge in [0.1, 0.15) is 17.5 Å². The van der Waals surface area contributed by atoms with Crippen LogP contribution in [0.25, 0.3) is 0 Å². The molecule has 0 aliphatic rings. The molecule has 0 radical (unpaired) electrons. The average Bonchev–Trinajstić information content (AvgIpc) is 2.54. The van der Waals surface area contributed by atoms with Gasteiger partial charge in [0.25, 0.3) is 0 Å². The van der Waals surface area contributed by atoms with E-state index in [4.69, 9.17) is 11.0 Å². The first-order valence-electron chi connectivity index (χ1n) is 5.48. The molecular weight excluding hydrogens is 202 g/mol. The zero-order valence-corrected chi connectivity index (χ0v) is 10.4. The van der Waals surface area contributed by atoms with Crippen molar-refractivity contribution in [3.05, 3.63) is 5.56 Å². The summed E-state index contributed by atoms with van der Waals surface area (Å²) in [5, 5.41) is 13.5. The van der Waals surface area contributed by atoms with E-state index in [1.54, 1.807) is 4.68 Å². The van der Waals surface area contributed by atoms with Crippen molar-refractivity contribution in [1.82, 2.24) is 9.78 Å². The normalized spacial score (nSPS) is 10.5. The highest BCUT2D eigenvalue weighted by Crippen LogP contribution is 2.23. The maximum absolute atomic E-state index is 9.08. The van der Waals surface area contributed by atoms with Gasteiger partial charge in [0, 0.05) is 20.1 Å².